The van der Waals surface area contributed by atoms with E-state index < -0.39 is 10.0 Å². The fraction of sp³-hybridized carbons (Fsp3) is 0.273. The Morgan fingerprint density at radius 1 is 1.40 bits per heavy atom. The van der Waals surface area contributed by atoms with E-state index in [1.54, 1.807) is 26.1 Å². The number of anilines is 1. The van der Waals surface area contributed by atoms with E-state index in [1.165, 1.54) is 6.20 Å². The van der Waals surface area contributed by atoms with E-state index in [2.05, 4.69) is 41.2 Å². The van der Waals surface area contributed by atoms with E-state index in [4.69, 9.17) is 0 Å². The molecule has 2 rings (SSSR count). The number of aromatic amines is 1. The molecule has 0 spiro atoms. The maximum atomic E-state index is 12.4. The summed E-state index contributed by atoms with van der Waals surface area (Å²) in [5.74, 6) is 0.254. The van der Waals surface area contributed by atoms with Gasteiger partial charge in [0.25, 0.3) is 10.0 Å². The molecule has 108 valence electrons. The van der Waals surface area contributed by atoms with Gasteiger partial charge >= 0.3 is 0 Å². The first-order chi connectivity index (χ1) is 9.44. The van der Waals surface area contributed by atoms with Gasteiger partial charge in [-0.05, 0) is 42.0 Å². The summed E-state index contributed by atoms with van der Waals surface area (Å²) in [6.45, 7) is 2.02. The highest BCUT2D eigenvalue weighted by Gasteiger charge is 2.24. The second-order valence-electron chi connectivity index (χ2n) is 4.12. The van der Waals surface area contributed by atoms with Crippen LogP contribution in [0.5, 0.6) is 0 Å². The van der Waals surface area contributed by atoms with Gasteiger partial charge in [0, 0.05) is 17.2 Å². The van der Waals surface area contributed by atoms with Gasteiger partial charge in [0.15, 0.2) is 0 Å². The van der Waals surface area contributed by atoms with Crippen LogP contribution in [0.15, 0.2) is 27.7 Å². The Labute approximate surface area is 125 Å². The molecule has 0 radical (unpaired) electrons. The smallest absolute Gasteiger partial charge is 0.266 e. The lowest BCUT2D eigenvalue weighted by Crippen LogP contribution is -2.18. The summed E-state index contributed by atoms with van der Waals surface area (Å²) in [4.78, 5) is 4.14. The average Bonchev–Trinajstić information content (AvgIpc) is 2.74. The first kappa shape index (κ1) is 14.9. The van der Waals surface area contributed by atoms with Crippen molar-refractivity contribution in [2.75, 3.05) is 11.8 Å². The Kier molecular flexibility index (Phi) is 4.41. The predicted octanol–water partition coefficient (Wildman–Crippen LogP) is 1.40. The molecule has 0 aliphatic heterocycles. The van der Waals surface area contributed by atoms with Crippen molar-refractivity contribution in [2.24, 2.45) is 0 Å². The molecule has 0 aromatic carbocycles. The number of hydrogen-bond donors (Lipinski definition) is 3. The second-order valence-corrected chi connectivity index (χ2v) is 6.66. The molecule has 20 heavy (non-hydrogen) atoms. The van der Waals surface area contributed by atoms with E-state index in [0.29, 0.717) is 17.9 Å². The lowest BCUT2D eigenvalue weighted by molar-refractivity contribution is 0.598. The molecule has 0 atom stereocenters. The van der Waals surface area contributed by atoms with Crippen molar-refractivity contribution >= 4 is 31.8 Å². The quantitative estimate of drug-likeness (QED) is 0.748. The fourth-order valence-corrected chi connectivity index (χ4v) is 3.35. The third kappa shape index (κ3) is 3.17. The number of H-pyrrole nitrogens is 1. The zero-order valence-corrected chi connectivity index (χ0v) is 13.3. The maximum absolute atomic E-state index is 12.4. The number of rotatable bonds is 5. The van der Waals surface area contributed by atoms with Crippen LogP contribution in [0.2, 0.25) is 0 Å². The molecule has 0 aliphatic rings. The maximum Gasteiger partial charge on any atom is 0.266 e. The molecule has 9 heteroatoms. The first-order valence-corrected chi connectivity index (χ1v) is 8.04. The predicted molar refractivity (Wildman–Crippen MR) is 78.8 cm³/mol. The van der Waals surface area contributed by atoms with E-state index in [9.17, 15) is 8.42 Å². The number of aryl methyl sites for hydroxylation is 1. The van der Waals surface area contributed by atoms with Crippen molar-refractivity contribution in [3.05, 3.63) is 34.2 Å². The van der Waals surface area contributed by atoms with Crippen molar-refractivity contribution in [1.29, 1.82) is 0 Å². The zero-order valence-electron chi connectivity index (χ0n) is 10.9. The standard InChI is InChI=1S/C11H14BrN5O2S/c1-7-11(9(6-13-2)16-15-7)20(18,19)17-10-4-3-8(12)5-14-10/h3-5,13H,6H2,1-2H3,(H,14,17)(H,15,16). The Morgan fingerprint density at radius 2 is 2.15 bits per heavy atom. The SMILES string of the molecule is CNCc1n[nH]c(C)c1S(=O)(=O)Nc1ccc(Br)cn1. The Hall–Kier alpha value is -1.45. The molecular formula is C11H14BrN5O2S. The van der Waals surface area contributed by atoms with Gasteiger partial charge < -0.3 is 5.32 Å². The number of aromatic nitrogens is 3. The minimum absolute atomic E-state index is 0.150. The van der Waals surface area contributed by atoms with Gasteiger partial charge in [-0.1, -0.05) is 0 Å². The van der Waals surface area contributed by atoms with Crippen molar-refractivity contribution in [3.8, 4) is 0 Å². The van der Waals surface area contributed by atoms with Crippen LogP contribution in [-0.4, -0.2) is 30.6 Å². The number of halogens is 1. The first-order valence-electron chi connectivity index (χ1n) is 5.77. The van der Waals surface area contributed by atoms with E-state index in [-0.39, 0.29) is 10.7 Å². The lowest BCUT2D eigenvalue weighted by atomic mass is 10.4. The number of hydrogen-bond acceptors (Lipinski definition) is 5. The summed E-state index contributed by atoms with van der Waals surface area (Å²) in [6.07, 6.45) is 1.52. The summed E-state index contributed by atoms with van der Waals surface area (Å²) >= 11 is 3.24. The molecule has 0 saturated heterocycles. The van der Waals surface area contributed by atoms with Gasteiger partial charge in [0.2, 0.25) is 0 Å². The molecule has 7 nitrogen and oxygen atoms in total. The molecular weight excluding hydrogens is 346 g/mol. The van der Waals surface area contributed by atoms with Crippen LogP contribution in [0.25, 0.3) is 0 Å². The highest BCUT2D eigenvalue weighted by molar-refractivity contribution is 9.10. The van der Waals surface area contributed by atoms with Gasteiger partial charge in [-0.25, -0.2) is 13.4 Å². The van der Waals surface area contributed by atoms with Crippen LogP contribution >= 0.6 is 15.9 Å². The van der Waals surface area contributed by atoms with Gasteiger partial charge in [0.05, 0.1) is 11.4 Å². The summed E-state index contributed by atoms with van der Waals surface area (Å²) in [6, 6.07) is 3.29. The molecule has 3 N–H and O–H groups in total. The van der Waals surface area contributed by atoms with Crippen molar-refractivity contribution in [2.45, 2.75) is 18.4 Å². The largest absolute Gasteiger partial charge is 0.314 e. The highest BCUT2D eigenvalue weighted by Crippen LogP contribution is 2.21. The number of nitrogens with one attached hydrogen (secondary N) is 3. The Balaban J connectivity index is 2.35. The van der Waals surface area contributed by atoms with Crippen LogP contribution in [0.1, 0.15) is 11.4 Å². The van der Waals surface area contributed by atoms with Crippen LogP contribution in [0.3, 0.4) is 0 Å². The van der Waals surface area contributed by atoms with Crippen LogP contribution < -0.4 is 10.0 Å². The third-order valence-electron chi connectivity index (χ3n) is 2.54. The topological polar surface area (TPSA) is 99.8 Å². The van der Waals surface area contributed by atoms with Gasteiger partial charge in [0.1, 0.15) is 10.7 Å². The molecule has 0 bridgehead atoms. The number of nitrogens with zero attached hydrogens (tertiary/aromatic N) is 2. The molecule has 0 saturated carbocycles. The van der Waals surface area contributed by atoms with Gasteiger partial charge in [-0.15, -0.1) is 0 Å². The Bertz CT molecular complexity index is 696. The highest BCUT2D eigenvalue weighted by atomic mass is 79.9. The van der Waals surface area contributed by atoms with Gasteiger partial charge in [-0.2, -0.15) is 5.10 Å². The molecule has 0 unspecified atom stereocenters. The molecule has 2 heterocycles. The monoisotopic (exact) mass is 359 g/mol. The van der Waals surface area contributed by atoms with E-state index in [0.717, 1.165) is 4.47 Å². The average molecular weight is 360 g/mol. The van der Waals surface area contributed by atoms with Crippen molar-refractivity contribution in [1.82, 2.24) is 20.5 Å². The van der Waals surface area contributed by atoms with E-state index in [1.807, 2.05) is 0 Å². The minimum atomic E-state index is -3.73. The minimum Gasteiger partial charge on any atom is -0.314 e. The summed E-state index contributed by atoms with van der Waals surface area (Å²) in [5, 5.41) is 9.56. The summed E-state index contributed by atoms with van der Waals surface area (Å²) in [5.41, 5.74) is 0.925. The van der Waals surface area contributed by atoms with Crippen molar-refractivity contribution in [3.63, 3.8) is 0 Å². The third-order valence-corrected chi connectivity index (χ3v) is 4.57. The van der Waals surface area contributed by atoms with Crippen LogP contribution in [-0.2, 0) is 16.6 Å². The summed E-state index contributed by atoms with van der Waals surface area (Å²) < 4.78 is 28.0. The van der Waals surface area contributed by atoms with Crippen LogP contribution in [0.4, 0.5) is 5.82 Å². The lowest BCUT2D eigenvalue weighted by Gasteiger charge is -2.08. The summed E-state index contributed by atoms with van der Waals surface area (Å²) in [7, 11) is -2.00. The number of pyridine rings is 1. The zero-order chi connectivity index (χ0) is 14.8. The molecule has 0 amide bonds. The van der Waals surface area contributed by atoms with Crippen LogP contribution in [0, 0.1) is 6.92 Å². The molecule has 0 fully saturated rings. The number of sulfonamides is 1. The molecule has 2 aromatic rings. The normalized spacial score (nSPS) is 11.6. The van der Waals surface area contributed by atoms with E-state index >= 15 is 0 Å². The van der Waals surface area contributed by atoms with Gasteiger partial charge in [-0.3, -0.25) is 9.82 Å². The molecule has 0 aliphatic carbocycles. The second kappa shape index (κ2) is 5.90. The Morgan fingerprint density at radius 3 is 2.75 bits per heavy atom. The molecule has 2 aromatic heterocycles. The van der Waals surface area contributed by atoms with Crippen molar-refractivity contribution < 1.29 is 8.42 Å². The fourth-order valence-electron chi connectivity index (χ4n) is 1.74.